The van der Waals surface area contributed by atoms with Gasteiger partial charge in [0.25, 0.3) is 0 Å². The van der Waals surface area contributed by atoms with Gasteiger partial charge in [0, 0.05) is 11.3 Å². The van der Waals surface area contributed by atoms with Crippen molar-refractivity contribution in [2.45, 2.75) is 62.8 Å². The SMILES string of the molecule is CC1SCCCC1NCC1CCCC(O)C1. The van der Waals surface area contributed by atoms with Crippen molar-refractivity contribution in [1.29, 1.82) is 0 Å². The average molecular weight is 243 g/mol. The second-order valence-corrected chi connectivity index (χ2v) is 6.90. The molecule has 2 nitrogen and oxygen atoms in total. The molecular weight excluding hydrogens is 218 g/mol. The van der Waals surface area contributed by atoms with Crippen molar-refractivity contribution in [2.75, 3.05) is 12.3 Å². The van der Waals surface area contributed by atoms with Gasteiger partial charge in [-0.3, -0.25) is 0 Å². The van der Waals surface area contributed by atoms with Crippen molar-refractivity contribution >= 4 is 11.8 Å². The van der Waals surface area contributed by atoms with E-state index < -0.39 is 0 Å². The molecule has 1 aliphatic heterocycles. The van der Waals surface area contributed by atoms with E-state index in [4.69, 9.17) is 0 Å². The lowest BCUT2D eigenvalue weighted by atomic mass is 9.87. The van der Waals surface area contributed by atoms with Crippen LogP contribution in [-0.4, -0.2) is 34.8 Å². The average Bonchev–Trinajstić information content (AvgIpc) is 2.28. The molecule has 2 fully saturated rings. The first-order chi connectivity index (χ1) is 7.75. The zero-order valence-electron chi connectivity index (χ0n) is 10.3. The minimum atomic E-state index is -0.0290. The third kappa shape index (κ3) is 3.64. The molecule has 16 heavy (non-hydrogen) atoms. The summed E-state index contributed by atoms with van der Waals surface area (Å²) in [4.78, 5) is 0. The summed E-state index contributed by atoms with van der Waals surface area (Å²) in [6, 6.07) is 0.706. The fraction of sp³-hybridized carbons (Fsp3) is 1.00. The third-order valence-electron chi connectivity index (χ3n) is 4.03. The highest BCUT2D eigenvalue weighted by Crippen LogP contribution is 2.27. The minimum Gasteiger partial charge on any atom is -0.393 e. The Balaban J connectivity index is 1.69. The van der Waals surface area contributed by atoms with Crippen LogP contribution in [0.25, 0.3) is 0 Å². The smallest absolute Gasteiger partial charge is 0.0543 e. The third-order valence-corrected chi connectivity index (χ3v) is 5.41. The fourth-order valence-corrected chi connectivity index (χ4v) is 4.13. The van der Waals surface area contributed by atoms with E-state index in [2.05, 4.69) is 24.0 Å². The van der Waals surface area contributed by atoms with E-state index in [1.807, 2.05) is 0 Å². The maximum Gasteiger partial charge on any atom is 0.0543 e. The molecule has 1 aliphatic carbocycles. The maximum atomic E-state index is 9.64. The Bertz CT molecular complexity index is 212. The Kier molecular flexibility index (Phi) is 4.98. The van der Waals surface area contributed by atoms with Crippen molar-refractivity contribution in [3.63, 3.8) is 0 Å². The van der Waals surface area contributed by atoms with Gasteiger partial charge in [0.05, 0.1) is 6.10 Å². The molecule has 4 unspecified atom stereocenters. The Morgan fingerprint density at radius 2 is 2.12 bits per heavy atom. The van der Waals surface area contributed by atoms with Gasteiger partial charge in [-0.2, -0.15) is 11.8 Å². The summed E-state index contributed by atoms with van der Waals surface area (Å²) in [6.45, 7) is 3.46. The molecule has 2 rings (SSSR count). The van der Waals surface area contributed by atoms with E-state index in [-0.39, 0.29) is 6.10 Å². The largest absolute Gasteiger partial charge is 0.393 e. The van der Waals surface area contributed by atoms with E-state index in [0.29, 0.717) is 12.0 Å². The second kappa shape index (κ2) is 6.27. The number of hydrogen-bond acceptors (Lipinski definition) is 3. The molecule has 4 atom stereocenters. The van der Waals surface area contributed by atoms with Crippen LogP contribution in [0.2, 0.25) is 0 Å². The van der Waals surface area contributed by atoms with Crippen LogP contribution < -0.4 is 5.32 Å². The lowest BCUT2D eigenvalue weighted by Crippen LogP contribution is -2.42. The molecule has 0 aromatic rings. The molecule has 3 heteroatoms. The molecule has 1 saturated carbocycles. The quantitative estimate of drug-likeness (QED) is 0.798. The number of hydrogen-bond donors (Lipinski definition) is 2. The van der Waals surface area contributed by atoms with Gasteiger partial charge >= 0.3 is 0 Å². The summed E-state index contributed by atoms with van der Waals surface area (Å²) >= 11 is 2.10. The van der Waals surface area contributed by atoms with E-state index >= 15 is 0 Å². The zero-order chi connectivity index (χ0) is 11.4. The van der Waals surface area contributed by atoms with Gasteiger partial charge in [0.2, 0.25) is 0 Å². The number of nitrogens with one attached hydrogen (secondary N) is 1. The minimum absolute atomic E-state index is 0.0290. The van der Waals surface area contributed by atoms with Gasteiger partial charge in [0.1, 0.15) is 0 Å². The summed E-state index contributed by atoms with van der Waals surface area (Å²) < 4.78 is 0. The predicted molar refractivity (Wildman–Crippen MR) is 70.9 cm³/mol. The van der Waals surface area contributed by atoms with Gasteiger partial charge in [-0.25, -0.2) is 0 Å². The molecule has 94 valence electrons. The topological polar surface area (TPSA) is 32.3 Å². The van der Waals surface area contributed by atoms with Crippen LogP contribution in [0, 0.1) is 5.92 Å². The highest BCUT2D eigenvalue weighted by molar-refractivity contribution is 7.99. The van der Waals surface area contributed by atoms with Crippen molar-refractivity contribution in [3.05, 3.63) is 0 Å². The van der Waals surface area contributed by atoms with E-state index in [0.717, 1.165) is 24.6 Å². The number of aliphatic hydroxyl groups is 1. The van der Waals surface area contributed by atoms with Crippen molar-refractivity contribution in [1.82, 2.24) is 5.32 Å². The zero-order valence-corrected chi connectivity index (χ0v) is 11.1. The highest BCUT2D eigenvalue weighted by Gasteiger charge is 2.24. The van der Waals surface area contributed by atoms with Crippen molar-refractivity contribution in [3.8, 4) is 0 Å². The Labute approximate surface area is 104 Å². The first-order valence-corrected chi connectivity index (χ1v) is 7.83. The van der Waals surface area contributed by atoms with E-state index in [9.17, 15) is 5.11 Å². The first kappa shape index (κ1) is 12.7. The monoisotopic (exact) mass is 243 g/mol. The maximum absolute atomic E-state index is 9.64. The van der Waals surface area contributed by atoms with Gasteiger partial charge in [-0.1, -0.05) is 13.3 Å². The van der Waals surface area contributed by atoms with Crippen LogP contribution in [0.4, 0.5) is 0 Å². The second-order valence-electron chi connectivity index (χ2n) is 5.42. The molecular formula is C13H25NOS. The van der Waals surface area contributed by atoms with Crippen LogP contribution in [-0.2, 0) is 0 Å². The van der Waals surface area contributed by atoms with Gasteiger partial charge < -0.3 is 10.4 Å². The predicted octanol–water partition coefficient (Wildman–Crippen LogP) is 2.41. The van der Waals surface area contributed by atoms with Gasteiger partial charge in [0.15, 0.2) is 0 Å². The number of aliphatic hydroxyl groups excluding tert-OH is 1. The lowest BCUT2D eigenvalue weighted by molar-refractivity contribution is 0.0994. The van der Waals surface area contributed by atoms with Crippen LogP contribution >= 0.6 is 11.8 Å². The van der Waals surface area contributed by atoms with Gasteiger partial charge in [-0.15, -0.1) is 0 Å². The number of rotatable bonds is 3. The van der Waals surface area contributed by atoms with Crippen molar-refractivity contribution in [2.24, 2.45) is 5.92 Å². The van der Waals surface area contributed by atoms with Crippen LogP contribution in [0.5, 0.6) is 0 Å². The van der Waals surface area contributed by atoms with Crippen LogP contribution in [0.1, 0.15) is 45.4 Å². The molecule has 0 aromatic heterocycles. The first-order valence-electron chi connectivity index (χ1n) is 6.78. The molecule has 0 spiro atoms. The Hall–Kier alpha value is 0.270. The van der Waals surface area contributed by atoms with Crippen LogP contribution in [0.15, 0.2) is 0 Å². The van der Waals surface area contributed by atoms with E-state index in [1.54, 1.807) is 0 Å². The summed E-state index contributed by atoms with van der Waals surface area (Å²) in [5.74, 6) is 2.05. The molecule has 2 aliphatic rings. The normalized spacial score (nSPS) is 40.9. The highest BCUT2D eigenvalue weighted by atomic mass is 32.2. The lowest BCUT2D eigenvalue weighted by Gasteiger charge is -2.32. The molecule has 0 radical (unpaired) electrons. The number of thioether (sulfide) groups is 1. The van der Waals surface area contributed by atoms with Crippen molar-refractivity contribution < 1.29 is 5.11 Å². The fourth-order valence-electron chi connectivity index (χ4n) is 2.96. The van der Waals surface area contributed by atoms with E-state index in [1.165, 1.54) is 31.4 Å². The van der Waals surface area contributed by atoms with Gasteiger partial charge in [-0.05, 0) is 50.3 Å². The molecule has 0 amide bonds. The molecule has 1 saturated heterocycles. The summed E-state index contributed by atoms with van der Waals surface area (Å²) in [7, 11) is 0. The van der Waals surface area contributed by atoms with Crippen LogP contribution in [0.3, 0.4) is 0 Å². The standard InChI is InChI=1S/C13H25NOS/c1-10-13(6-3-7-16-10)14-9-11-4-2-5-12(15)8-11/h10-15H,2-9H2,1H3. The Morgan fingerprint density at radius 1 is 1.25 bits per heavy atom. The Morgan fingerprint density at radius 3 is 2.88 bits per heavy atom. The summed E-state index contributed by atoms with van der Waals surface area (Å²) in [6.07, 6.45) is 7.22. The summed E-state index contributed by atoms with van der Waals surface area (Å²) in [5.41, 5.74) is 0. The molecule has 0 bridgehead atoms. The molecule has 2 N–H and O–H groups in total. The molecule has 1 heterocycles. The summed E-state index contributed by atoms with van der Waals surface area (Å²) in [5, 5.41) is 14.1. The molecule has 0 aromatic carbocycles.